The standard InChI is InChI=1S/C23H15BrFNO3/c1-28-22-12-15(11-17(14-26)19-7-2-3-8-20(19)25)9-10-21(22)29-23(27)16-5-4-6-18(24)13-16/h2-13H,1H3/b17-11-. The van der Waals surface area contributed by atoms with Crippen LogP contribution in [-0.2, 0) is 0 Å². The van der Waals surface area contributed by atoms with Crippen LogP contribution in [0.25, 0.3) is 11.6 Å². The van der Waals surface area contributed by atoms with Gasteiger partial charge in [0.05, 0.1) is 24.3 Å². The Morgan fingerprint density at radius 3 is 2.55 bits per heavy atom. The van der Waals surface area contributed by atoms with Crippen LogP contribution in [0.2, 0.25) is 0 Å². The molecule has 3 aromatic rings. The van der Waals surface area contributed by atoms with Gasteiger partial charge < -0.3 is 9.47 Å². The minimum atomic E-state index is -0.531. The van der Waals surface area contributed by atoms with Crippen LogP contribution in [-0.4, -0.2) is 13.1 Å². The van der Waals surface area contributed by atoms with E-state index in [0.29, 0.717) is 16.9 Å². The van der Waals surface area contributed by atoms with Crippen LogP contribution in [0.15, 0.2) is 71.2 Å². The van der Waals surface area contributed by atoms with Gasteiger partial charge in [0.2, 0.25) is 0 Å². The van der Waals surface area contributed by atoms with Crippen molar-refractivity contribution >= 4 is 33.5 Å². The largest absolute Gasteiger partial charge is 0.493 e. The third-order valence-corrected chi connectivity index (χ3v) is 4.54. The van der Waals surface area contributed by atoms with Crippen LogP contribution in [0, 0.1) is 17.1 Å². The fraction of sp³-hybridized carbons (Fsp3) is 0.0435. The molecule has 0 saturated carbocycles. The molecule has 3 aromatic carbocycles. The van der Waals surface area contributed by atoms with Gasteiger partial charge in [-0.3, -0.25) is 0 Å². The van der Waals surface area contributed by atoms with E-state index in [2.05, 4.69) is 15.9 Å². The van der Waals surface area contributed by atoms with Gasteiger partial charge in [-0.15, -0.1) is 0 Å². The molecule has 0 radical (unpaired) electrons. The average molecular weight is 452 g/mol. The van der Waals surface area contributed by atoms with Crippen molar-refractivity contribution in [2.75, 3.05) is 7.11 Å². The number of hydrogen-bond acceptors (Lipinski definition) is 4. The molecule has 6 heteroatoms. The van der Waals surface area contributed by atoms with Crippen LogP contribution in [0.5, 0.6) is 11.5 Å². The number of benzene rings is 3. The molecule has 0 aliphatic heterocycles. The minimum Gasteiger partial charge on any atom is -0.493 e. The van der Waals surface area contributed by atoms with Crippen LogP contribution >= 0.6 is 15.9 Å². The molecule has 0 aliphatic carbocycles. The number of nitriles is 1. The highest BCUT2D eigenvalue weighted by Crippen LogP contribution is 2.31. The first kappa shape index (κ1) is 20.3. The summed E-state index contributed by atoms with van der Waals surface area (Å²) in [5.41, 5.74) is 1.36. The van der Waals surface area contributed by atoms with Crippen molar-refractivity contribution in [1.29, 1.82) is 5.26 Å². The summed E-state index contributed by atoms with van der Waals surface area (Å²) in [6.45, 7) is 0. The zero-order chi connectivity index (χ0) is 20.8. The molecule has 0 spiro atoms. The van der Waals surface area contributed by atoms with Crippen molar-refractivity contribution in [2.45, 2.75) is 0 Å². The minimum absolute atomic E-state index is 0.170. The summed E-state index contributed by atoms with van der Waals surface area (Å²) in [6, 6.07) is 19.7. The van der Waals surface area contributed by atoms with E-state index < -0.39 is 11.8 Å². The van der Waals surface area contributed by atoms with Crippen molar-refractivity contribution in [3.8, 4) is 17.6 Å². The van der Waals surface area contributed by atoms with Crippen LogP contribution in [0.1, 0.15) is 21.5 Å². The molecule has 0 heterocycles. The highest BCUT2D eigenvalue weighted by molar-refractivity contribution is 9.10. The SMILES string of the molecule is COc1cc(/C=C(/C#N)c2ccccc2F)ccc1OC(=O)c1cccc(Br)c1. The molecule has 0 amide bonds. The molecule has 4 nitrogen and oxygen atoms in total. The molecule has 0 N–H and O–H groups in total. The summed E-state index contributed by atoms with van der Waals surface area (Å²) in [4.78, 5) is 12.4. The van der Waals surface area contributed by atoms with Gasteiger partial charge in [-0.2, -0.15) is 5.26 Å². The molecule has 0 aromatic heterocycles. The smallest absolute Gasteiger partial charge is 0.343 e. The maximum atomic E-state index is 14.0. The molecule has 0 fully saturated rings. The van der Waals surface area contributed by atoms with Crippen molar-refractivity contribution in [3.05, 3.63) is 93.7 Å². The molecule has 0 bridgehead atoms. The van der Waals surface area contributed by atoms with Crippen LogP contribution < -0.4 is 9.47 Å². The van der Waals surface area contributed by atoms with Gasteiger partial charge in [0.1, 0.15) is 5.82 Å². The Balaban J connectivity index is 1.90. The number of carbonyl (C=O) groups is 1. The van der Waals surface area contributed by atoms with Crippen molar-refractivity contribution in [2.24, 2.45) is 0 Å². The maximum Gasteiger partial charge on any atom is 0.343 e. The van der Waals surface area contributed by atoms with E-state index in [1.165, 1.54) is 19.2 Å². The fourth-order valence-corrected chi connectivity index (χ4v) is 3.05. The number of nitrogens with zero attached hydrogens (tertiary/aromatic N) is 1. The molecular formula is C23H15BrFNO3. The number of rotatable bonds is 5. The summed E-state index contributed by atoms with van der Waals surface area (Å²) in [5, 5.41) is 9.42. The van der Waals surface area contributed by atoms with Gasteiger partial charge in [-0.05, 0) is 48.0 Å². The summed E-state index contributed by atoms with van der Waals surface area (Å²) >= 11 is 3.32. The Hall–Kier alpha value is -3.43. The Bertz CT molecular complexity index is 1130. The molecule has 0 saturated heterocycles. The summed E-state index contributed by atoms with van der Waals surface area (Å²) < 4.78 is 25.5. The average Bonchev–Trinajstić information content (AvgIpc) is 2.73. The van der Waals surface area contributed by atoms with Gasteiger partial charge in [0.25, 0.3) is 0 Å². The Kier molecular flexibility index (Phi) is 6.43. The highest BCUT2D eigenvalue weighted by atomic mass is 79.9. The van der Waals surface area contributed by atoms with Crippen molar-refractivity contribution in [3.63, 3.8) is 0 Å². The lowest BCUT2D eigenvalue weighted by Crippen LogP contribution is -2.09. The number of allylic oxidation sites excluding steroid dienone is 1. The molecular weight excluding hydrogens is 437 g/mol. The van der Waals surface area contributed by atoms with Crippen LogP contribution in [0.3, 0.4) is 0 Å². The van der Waals surface area contributed by atoms with Gasteiger partial charge in [0, 0.05) is 10.0 Å². The van der Waals surface area contributed by atoms with E-state index in [1.807, 2.05) is 6.07 Å². The third-order valence-electron chi connectivity index (χ3n) is 4.05. The topological polar surface area (TPSA) is 59.3 Å². The first-order valence-corrected chi connectivity index (χ1v) is 9.33. The number of halogens is 2. The van der Waals surface area contributed by atoms with Gasteiger partial charge in [-0.25, -0.2) is 9.18 Å². The predicted octanol–water partition coefficient (Wildman–Crippen LogP) is 5.88. The lowest BCUT2D eigenvalue weighted by atomic mass is 10.0. The van der Waals surface area contributed by atoms with E-state index in [-0.39, 0.29) is 16.9 Å². The number of esters is 1. The Morgan fingerprint density at radius 2 is 1.86 bits per heavy atom. The number of ether oxygens (including phenoxy) is 2. The fourth-order valence-electron chi connectivity index (χ4n) is 2.65. The van der Waals surface area contributed by atoms with E-state index in [9.17, 15) is 14.4 Å². The van der Waals surface area contributed by atoms with E-state index >= 15 is 0 Å². The number of methoxy groups -OCH3 is 1. The van der Waals surface area contributed by atoms with E-state index in [1.54, 1.807) is 60.7 Å². The zero-order valence-corrected chi connectivity index (χ0v) is 16.9. The summed E-state index contributed by atoms with van der Waals surface area (Å²) in [6.07, 6.45) is 1.54. The first-order chi connectivity index (χ1) is 14.0. The molecule has 144 valence electrons. The quantitative estimate of drug-likeness (QED) is 0.210. The molecule has 3 rings (SSSR count). The summed E-state index contributed by atoms with van der Waals surface area (Å²) in [5.74, 6) is -0.462. The molecule has 0 aliphatic rings. The van der Waals surface area contributed by atoms with E-state index in [4.69, 9.17) is 9.47 Å². The zero-order valence-electron chi connectivity index (χ0n) is 15.4. The van der Waals surface area contributed by atoms with Gasteiger partial charge in [0.15, 0.2) is 11.5 Å². The van der Waals surface area contributed by atoms with E-state index in [0.717, 1.165) is 4.47 Å². The maximum absolute atomic E-state index is 14.0. The number of carbonyl (C=O) groups excluding carboxylic acids is 1. The van der Waals surface area contributed by atoms with Crippen LogP contribution in [0.4, 0.5) is 4.39 Å². The highest BCUT2D eigenvalue weighted by Gasteiger charge is 2.14. The second kappa shape index (κ2) is 9.18. The number of hydrogen-bond donors (Lipinski definition) is 0. The van der Waals surface area contributed by atoms with Gasteiger partial charge in [-0.1, -0.05) is 46.3 Å². The Labute approximate surface area is 175 Å². The lowest BCUT2D eigenvalue weighted by molar-refractivity contribution is 0.0729. The second-order valence-corrected chi connectivity index (χ2v) is 6.88. The second-order valence-electron chi connectivity index (χ2n) is 5.96. The third kappa shape index (κ3) is 4.89. The van der Waals surface area contributed by atoms with Crippen molar-refractivity contribution < 1.29 is 18.7 Å². The molecule has 0 atom stereocenters. The normalized spacial score (nSPS) is 10.9. The molecule has 0 unspecified atom stereocenters. The monoisotopic (exact) mass is 451 g/mol. The van der Waals surface area contributed by atoms with Gasteiger partial charge >= 0.3 is 5.97 Å². The first-order valence-electron chi connectivity index (χ1n) is 8.54. The van der Waals surface area contributed by atoms with Crippen molar-refractivity contribution in [1.82, 2.24) is 0 Å². The predicted molar refractivity (Wildman–Crippen MR) is 112 cm³/mol. The Morgan fingerprint density at radius 1 is 1.07 bits per heavy atom. The molecule has 29 heavy (non-hydrogen) atoms. The lowest BCUT2D eigenvalue weighted by Gasteiger charge is -2.10. The summed E-state index contributed by atoms with van der Waals surface area (Å²) in [7, 11) is 1.45.